The number of carbonyl (C=O) groups is 2. The summed E-state index contributed by atoms with van der Waals surface area (Å²) < 4.78 is 0. The number of nitrogens with one attached hydrogen (secondary N) is 2. The Bertz CT molecular complexity index is 744. The molecule has 2 aromatic rings. The summed E-state index contributed by atoms with van der Waals surface area (Å²) in [6.07, 6.45) is 2.08. The fraction of sp³-hybridized carbons (Fsp3) is 0.263. The van der Waals surface area contributed by atoms with Gasteiger partial charge in [0.2, 0.25) is 5.91 Å². The van der Waals surface area contributed by atoms with Crippen molar-refractivity contribution in [2.24, 2.45) is 0 Å². The van der Waals surface area contributed by atoms with Gasteiger partial charge < -0.3 is 10.6 Å². The number of hydrogen-bond donors (Lipinski definition) is 2. The molecule has 1 aliphatic rings. The molecule has 130 valence electrons. The quantitative estimate of drug-likeness (QED) is 0.825. The Hall–Kier alpha value is -2.53. The van der Waals surface area contributed by atoms with Crippen molar-refractivity contribution >= 4 is 34.9 Å². The van der Waals surface area contributed by atoms with Crippen LogP contribution in [0, 0.1) is 0 Å². The lowest BCUT2D eigenvalue weighted by molar-refractivity contribution is -0.116. The van der Waals surface area contributed by atoms with Crippen LogP contribution in [0.4, 0.5) is 16.2 Å². The molecule has 2 aromatic carbocycles. The van der Waals surface area contributed by atoms with Gasteiger partial charge in [0.15, 0.2) is 0 Å². The van der Waals surface area contributed by atoms with Crippen LogP contribution >= 0.6 is 11.6 Å². The Morgan fingerprint density at radius 1 is 1.12 bits per heavy atom. The zero-order chi connectivity index (χ0) is 17.6. The Morgan fingerprint density at radius 2 is 1.84 bits per heavy atom. The topological polar surface area (TPSA) is 61.4 Å². The number of hydrogen-bond acceptors (Lipinski definition) is 2. The van der Waals surface area contributed by atoms with Gasteiger partial charge >= 0.3 is 6.03 Å². The molecule has 1 saturated heterocycles. The van der Waals surface area contributed by atoms with Crippen LogP contribution in [0.15, 0.2) is 48.5 Å². The maximum atomic E-state index is 12.0. The number of anilines is 2. The lowest BCUT2D eigenvalue weighted by Crippen LogP contribution is -2.27. The molecule has 1 fully saturated rings. The standard InChI is InChI=1S/C19H20ClN3O2/c20-15-6-4-14(5-7-15)2-1-3-18(24)22-16-8-10-17(11-9-16)23-13-12-21-19(23)25/h4-11H,1-3,12-13H2,(H,21,25)(H,22,24). The third kappa shape index (κ3) is 4.73. The molecule has 5 nitrogen and oxygen atoms in total. The molecule has 3 rings (SSSR count). The van der Waals surface area contributed by atoms with Crippen LogP contribution in [-0.2, 0) is 11.2 Å². The Labute approximate surface area is 152 Å². The maximum absolute atomic E-state index is 12.0. The van der Waals surface area contributed by atoms with Crippen LogP contribution in [0.1, 0.15) is 18.4 Å². The van der Waals surface area contributed by atoms with Gasteiger partial charge in [0, 0.05) is 35.9 Å². The molecule has 1 heterocycles. The van der Waals surface area contributed by atoms with Gasteiger partial charge in [0.05, 0.1) is 0 Å². The molecule has 2 N–H and O–H groups in total. The molecule has 6 heteroatoms. The van der Waals surface area contributed by atoms with E-state index >= 15 is 0 Å². The van der Waals surface area contributed by atoms with Crippen LogP contribution in [0.2, 0.25) is 5.02 Å². The average molecular weight is 358 g/mol. The van der Waals surface area contributed by atoms with Crippen molar-refractivity contribution in [2.45, 2.75) is 19.3 Å². The molecular weight excluding hydrogens is 338 g/mol. The van der Waals surface area contributed by atoms with E-state index in [1.165, 1.54) is 5.56 Å². The largest absolute Gasteiger partial charge is 0.336 e. The molecule has 0 radical (unpaired) electrons. The first-order valence-electron chi connectivity index (χ1n) is 8.31. The summed E-state index contributed by atoms with van der Waals surface area (Å²) in [5, 5.41) is 6.37. The van der Waals surface area contributed by atoms with E-state index in [2.05, 4.69) is 10.6 Å². The second-order valence-corrected chi connectivity index (χ2v) is 6.40. The Kier molecular flexibility index (Phi) is 5.56. The van der Waals surface area contributed by atoms with Crippen molar-refractivity contribution in [1.29, 1.82) is 0 Å². The lowest BCUT2D eigenvalue weighted by Gasteiger charge is -2.14. The molecule has 0 atom stereocenters. The first-order valence-corrected chi connectivity index (χ1v) is 8.69. The van der Waals surface area contributed by atoms with Crippen molar-refractivity contribution in [1.82, 2.24) is 5.32 Å². The van der Waals surface area contributed by atoms with Crippen molar-refractivity contribution in [2.75, 3.05) is 23.3 Å². The van der Waals surface area contributed by atoms with E-state index < -0.39 is 0 Å². The number of carbonyl (C=O) groups excluding carboxylic acids is 2. The molecule has 25 heavy (non-hydrogen) atoms. The Morgan fingerprint density at radius 3 is 2.48 bits per heavy atom. The van der Waals surface area contributed by atoms with E-state index in [4.69, 9.17) is 11.6 Å². The molecule has 0 aromatic heterocycles. The minimum absolute atomic E-state index is 0.0133. The summed E-state index contributed by atoms with van der Waals surface area (Å²) in [6, 6.07) is 14.9. The molecule has 0 bridgehead atoms. The zero-order valence-electron chi connectivity index (χ0n) is 13.8. The number of aryl methyl sites for hydroxylation is 1. The van der Waals surface area contributed by atoms with E-state index in [1.54, 1.807) is 4.90 Å². The highest BCUT2D eigenvalue weighted by Crippen LogP contribution is 2.20. The highest BCUT2D eigenvalue weighted by atomic mass is 35.5. The van der Waals surface area contributed by atoms with Crippen molar-refractivity contribution in [3.8, 4) is 0 Å². The predicted octanol–water partition coefficient (Wildman–Crippen LogP) is 3.83. The van der Waals surface area contributed by atoms with E-state index in [9.17, 15) is 9.59 Å². The highest BCUT2D eigenvalue weighted by Gasteiger charge is 2.20. The van der Waals surface area contributed by atoms with E-state index in [-0.39, 0.29) is 11.9 Å². The summed E-state index contributed by atoms with van der Waals surface area (Å²) in [5.74, 6) is -0.0133. The maximum Gasteiger partial charge on any atom is 0.321 e. The second-order valence-electron chi connectivity index (χ2n) is 5.96. The fourth-order valence-corrected chi connectivity index (χ4v) is 2.90. The number of nitrogens with zero attached hydrogens (tertiary/aromatic N) is 1. The van der Waals surface area contributed by atoms with E-state index in [0.717, 1.165) is 29.2 Å². The Balaban J connectivity index is 1.46. The third-order valence-electron chi connectivity index (χ3n) is 4.10. The lowest BCUT2D eigenvalue weighted by atomic mass is 10.1. The average Bonchev–Trinajstić information content (AvgIpc) is 3.03. The fourth-order valence-electron chi connectivity index (χ4n) is 2.77. The zero-order valence-corrected chi connectivity index (χ0v) is 14.6. The number of benzene rings is 2. The third-order valence-corrected chi connectivity index (χ3v) is 4.35. The van der Waals surface area contributed by atoms with Crippen LogP contribution in [-0.4, -0.2) is 25.0 Å². The summed E-state index contributed by atoms with van der Waals surface area (Å²) in [7, 11) is 0. The van der Waals surface area contributed by atoms with Gasteiger partial charge in [-0.2, -0.15) is 0 Å². The van der Waals surface area contributed by atoms with Crippen molar-refractivity contribution in [3.63, 3.8) is 0 Å². The van der Waals surface area contributed by atoms with Crippen LogP contribution in [0.3, 0.4) is 0 Å². The summed E-state index contributed by atoms with van der Waals surface area (Å²) in [6.45, 7) is 1.32. The smallest absolute Gasteiger partial charge is 0.321 e. The highest BCUT2D eigenvalue weighted by molar-refractivity contribution is 6.30. The number of urea groups is 1. The summed E-state index contributed by atoms with van der Waals surface area (Å²) in [4.78, 5) is 25.4. The molecule has 0 saturated carbocycles. The molecule has 3 amide bonds. The van der Waals surface area contributed by atoms with Gasteiger partial charge in [-0.25, -0.2) is 4.79 Å². The minimum Gasteiger partial charge on any atom is -0.336 e. The number of halogens is 1. The first-order chi connectivity index (χ1) is 12.1. The number of rotatable bonds is 6. The van der Waals surface area contributed by atoms with E-state index in [1.807, 2.05) is 48.5 Å². The minimum atomic E-state index is -0.0843. The predicted molar refractivity (Wildman–Crippen MR) is 100 cm³/mol. The molecule has 1 aliphatic heterocycles. The van der Waals surface area contributed by atoms with Crippen LogP contribution < -0.4 is 15.5 Å². The van der Waals surface area contributed by atoms with Crippen molar-refractivity contribution in [3.05, 3.63) is 59.1 Å². The number of amides is 3. The van der Waals surface area contributed by atoms with Gasteiger partial charge in [0.25, 0.3) is 0 Å². The van der Waals surface area contributed by atoms with Crippen LogP contribution in [0.25, 0.3) is 0 Å². The molecule has 0 spiro atoms. The van der Waals surface area contributed by atoms with Crippen molar-refractivity contribution < 1.29 is 9.59 Å². The SMILES string of the molecule is O=C(CCCc1ccc(Cl)cc1)Nc1ccc(N2CCNC2=O)cc1. The summed E-state index contributed by atoms with van der Waals surface area (Å²) in [5.41, 5.74) is 2.74. The van der Waals surface area contributed by atoms with Crippen LogP contribution in [0.5, 0.6) is 0 Å². The van der Waals surface area contributed by atoms with Gasteiger partial charge in [0.1, 0.15) is 0 Å². The van der Waals surface area contributed by atoms with Gasteiger partial charge in [-0.05, 0) is 54.8 Å². The first kappa shape index (κ1) is 17.3. The molecular formula is C19H20ClN3O2. The molecule has 0 unspecified atom stereocenters. The summed E-state index contributed by atoms with van der Waals surface area (Å²) >= 11 is 5.86. The van der Waals surface area contributed by atoms with Gasteiger partial charge in [-0.15, -0.1) is 0 Å². The normalized spacial score (nSPS) is 13.6. The second kappa shape index (κ2) is 8.03. The monoisotopic (exact) mass is 357 g/mol. The molecule has 0 aliphatic carbocycles. The van der Waals surface area contributed by atoms with E-state index in [0.29, 0.717) is 19.5 Å². The van der Waals surface area contributed by atoms with Gasteiger partial charge in [-0.1, -0.05) is 23.7 Å². The van der Waals surface area contributed by atoms with Gasteiger partial charge in [-0.3, -0.25) is 9.69 Å².